The topological polar surface area (TPSA) is 111 Å². The Hall–Kier alpha value is -1.70. The number of esters is 1. The molecule has 0 bridgehead atoms. The number of thiocarbonyl (C=S) groups is 1. The highest BCUT2D eigenvalue weighted by molar-refractivity contribution is 7.80. The lowest BCUT2D eigenvalue weighted by atomic mass is 10.5. The fourth-order valence-corrected chi connectivity index (χ4v) is 0.625. The monoisotopic (exact) mass is 233 g/mol. The van der Waals surface area contributed by atoms with E-state index >= 15 is 0 Å². The number of nitrogens with one attached hydrogen (secondary N) is 2. The van der Waals surface area contributed by atoms with Crippen molar-refractivity contribution in [3.8, 4) is 0 Å². The highest BCUT2D eigenvalue weighted by atomic mass is 32.1. The van der Waals surface area contributed by atoms with Gasteiger partial charge in [0, 0.05) is 0 Å². The number of amides is 2. The molecule has 8 heteroatoms. The number of hydrogen-bond donors (Lipinski definition) is 3. The smallest absolute Gasteiger partial charge is 0.325 e. The summed E-state index contributed by atoms with van der Waals surface area (Å²) in [7, 11) is 1.17. The average molecular weight is 233 g/mol. The van der Waals surface area contributed by atoms with Gasteiger partial charge in [-0.2, -0.15) is 0 Å². The number of carbonyl (C=O) groups is 3. The van der Waals surface area contributed by atoms with E-state index in [1.165, 1.54) is 7.11 Å². The molecule has 0 heterocycles. The third-order valence-electron chi connectivity index (χ3n) is 1.25. The van der Waals surface area contributed by atoms with E-state index in [0.717, 1.165) is 0 Å². The van der Waals surface area contributed by atoms with E-state index in [1.807, 2.05) is 5.32 Å². The van der Waals surface area contributed by atoms with Gasteiger partial charge < -0.3 is 21.1 Å². The first-order chi connectivity index (χ1) is 6.97. The number of ether oxygens (including phenoxy) is 1. The van der Waals surface area contributed by atoms with Crippen molar-refractivity contribution in [1.29, 1.82) is 0 Å². The van der Waals surface area contributed by atoms with E-state index in [2.05, 4.69) is 22.3 Å². The van der Waals surface area contributed by atoms with Crippen molar-refractivity contribution in [3.63, 3.8) is 0 Å². The molecular weight excluding hydrogens is 222 g/mol. The fourth-order valence-electron chi connectivity index (χ4n) is 0.553. The van der Waals surface area contributed by atoms with Crippen LogP contribution in [-0.4, -0.2) is 43.0 Å². The zero-order valence-corrected chi connectivity index (χ0v) is 8.85. The van der Waals surface area contributed by atoms with Gasteiger partial charge in [0.1, 0.15) is 6.54 Å². The minimum absolute atomic E-state index is 0.0594. The van der Waals surface area contributed by atoms with Crippen LogP contribution in [0.25, 0.3) is 0 Å². The molecule has 0 aromatic carbocycles. The number of carbonyl (C=O) groups excluding carboxylic acids is 3. The summed E-state index contributed by atoms with van der Waals surface area (Å²) in [4.78, 5) is 32.6. The summed E-state index contributed by atoms with van der Waals surface area (Å²) in [6.45, 7) is -0.435. The molecule has 0 radical (unpaired) electrons. The molecule has 4 N–H and O–H groups in total. The maximum atomic E-state index is 11.0. The highest BCUT2D eigenvalue weighted by Crippen LogP contribution is 1.73. The maximum absolute atomic E-state index is 11.0. The molecular formula is C7H11N3O4S. The summed E-state index contributed by atoms with van der Waals surface area (Å²) in [6, 6.07) is 0. The average Bonchev–Trinajstić information content (AvgIpc) is 2.21. The number of methoxy groups -OCH3 is 1. The second-order valence-electron chi connectivity index (χ2n) is 2.41. The van der Waals surface area contributed by atoms with Gasteiger partial charge in [0.15, 0.2) is 0 Å². The Balaban J connectivity index is 3.84. The van der Waals surface area contributed by atoms with Crippen molar-refractivity contribution in [2.75, 3.05) is 20.2 Å². The molecule has 0 aliphatic heterocycles. The number of rotatable bonds is 4. The molecule has 84 valence electrons. The van der Waals surface area contributed by atoms with E-state index in [1.54, 1.807) is 0 Å². The van der Waals surface area contributed by atoms with Gasteiger partial charge in [0.2, 0.25) is 0 Å². The van der Waals surface area contributed by atoms with Crippen LogP contribution in [0.3, 0.4) is 0 Å². The van der Waals surface area contributed by atoms with Crippen molar-refractivity contribution in [2.45, 2.75) is 0 Å². The van der Waals surface area contributed by atoms with Crippen molar-refractivity contribution in [3.05, 3.63) is 0 Å². The van der Waals surface area contributed by atoms with Crippen molar-refractivity contribution < 1.29 is 19.1 Å². The van der Waals surface area contributed by atoms with Gasteiger partial charge >= 0.3 is 17.8 Å². The molecule has 0 spiro atoms. The Morgan fingerprint density at radius 1 is 1.20 bits per heavy atom. The molecule has 0 atom stereocenters. The normalized spacial score (nSPS) is 8.87. The van der Waals surface area contributed by atoms with Crippen LogP contribution in [0.5, 0.6) is 0 Å². The quantitative estimate of drug-likeness (QED) is 0.285. The summed E-state index contributed by atoms with van der Waals surface area (Å²) in [6.07, 6.45) is 0. The Labute approximate surface area is 91.3 Å². The lowest BCUT2D eigenvalue weighted by molar-refractivity contribution is -0.143. The van der Waals surface area contributed by atoms with Crippen LogP contribution in [0.1, 0.15) is 0 Å². The van der Waals surface area contributed by atoms with Crippen LogP contribution in [0, 0.1) is 0 Å². The first kappa shape index (κ1) is 13.3. The second kappa shape index (κ2) is 6.71. The maximum Gasteiger partial charge on any atom is 0.325 e. The number of hydrogen-bond acceptors (Lipinski definition) is 5. The standard InChI is InChI=1S/C7H11N3O4S/c1-14-5(11)3-10-7(13)6(12)9-2-4(8)15/h2-3H2,1H3,(H2,8,15)(H,9,12)(H,10,13). The van der Waals surface area contributed by atoms with Gasteiger partial charge in [-0.25, -0.2) is 0 Å². The van der Waals surface area contributed by atoms with E-state index in [4.69, 9.17) is 5.73 Å². The molecule has 0 unspecified atom stereocenters. The van der Waals surface area contributed by atoms with Crippen LogP contribution < -0.4 is 16.4 Å². The molecule has 0 aliphatic rings. The van der Waals surface area contributed by atoms with Crippen LogP contribution in [0.15, 0.2) is 0 Å². The first-order valence-corrected chi connectivity index (χ1v) is 4.29. The van der Waals surface area contributed by atoms with E-state index in [9.17, 15) is 14.4 Å². The van der Waals surface area contributed by atoms with Crippen LogP contribution in [-0.2, 0) is 19.1 Å². The summed E-state index contributed by atoms with van der Waals surface area (Å²) in [5.41, 5.74) is 5.10. The van der Waals surface area contributed by atoms with E-state index in [0.29, 0.717) is 0 Å². The molecule has 0 rings (SSSR count). The van der Waals surface area contributed by atoms with Crippen LogP contribution >= 0.6 is 12.2 Å². The van der Waals surface area contributed by atoms with Crippen LogP contribution in [0.4, 0.5) is 0 Å². The summed E-state index contributed by atoms with van der Waals surface area (Å²) in [5.74, 6) is -2.51. The van der Waals surface area contributed by atoms with E-state index in [-0.39, 0.29) is 18.1 Å². The van der Waals surface area contributed by atoms with Gasteiger partial charge in [-0.1, -0.05) is 12.2 Å². The highest BCUT2D eigenvalue weighted by Gasteiger charge is 2.13. The third kappa shape index (κ3) is 6.38. The Morgan fingerprint density at radius 2 is 1.67 bits per heavy atom. The molecule has 0 aromatic heterocycles. The zero-order valence-electron chi connectivity index (χ0n) is 8.03. The Bertz CT molecular complexity index is 292. The lowest BCUT2D eigenvalue weighted by Gasteiger charge is -2.04. The minimum atomic E-state index is -0.948. The SMILES string of the molecule is COC(=O)CNC(=O)C(=O)NCC(N)=S. The van der Waals surface area contributed by atoms with Crippen molar-refractivity contribution >= 4 is 35.0 Å². The summed E-state index contributed by atoms with van der Waals surface area (Å²) >= 11 is 4.48. The lowest BCUT2D eigenvalue weighted by Crippen LogP contribution is -2.44. The van der Waals surface area contributed by atoms with Gasteiger partial charge in [-0.05, 0) is 0 Å². The zero-order chi connectivity index (χ0) is 11.8. The minimum Gasteiger partial charge on any atom is -0.468 e. The predicted octanol–water partition coefficient (Wildman–Crippen LogP) is -2.32. The Morgan fingerprint density at radius 3 is 2.07 bits per heavy atom. The van der Waals surface area contributed by atoms with Gasteiger partial charge in [0.25, 0.3) is 0 Å². The Kier molecular flexibility index (Phi) is 5.95. The third-order valence-corrected chi connectivity index (χ3v) is 1.39. The van der Waals surface area contributed by atoms with Gasteiger partial charge in [-0.3, -0.25) is 14.4 Å². The largest absolute Gasteiger partial charge is 0.468 e. The summed E-state index contributed by atoms with van der Waals surface area (Å²) in [5, 5.41) is 4.20. The van der Waals surface area contributed by atoms with Crippen molar-refractivity contribution in [1.82, 2.24) is 10.6 Å². The molecule has 2 amide bonds. The van der Waals surface area contributed by atoms with Crippen LogP contribution in [0.2, 0.25) is 0 Å². The number of nitrogens with two attached hydrogens (primary N) is 1. The molecule has 7 nitrogen and oxygen atoms in total. The molecule has 0 aromatic rings. The molecule has 0 saturated carbocycles. The second-order valence-corrected chi connectivity index (χ2v) is 2.93. The fraction of sp³-hybridized carbons (Fsp3) is 0.429. The molecule has 15 heavy (non-hydrogen) atoms. The van der Waals surface area contributed by atoms with E-state index < -0.39 is 17.8 Å². The van der Waals surface area contributed by atoms with Crippen molar-refractivity contribution in [2.24, 2.45) is 5.73 Å². The predicted molar refractivity (Wildman–Crippen MR) is 54.8 cm³/mol. The molecule has 0 aliphatic carbocycles. The summed E-state index contributed by atoms with van der Waals surface area (Å²) < 4.78 is 4.25. The molecule has 0 fully saturated rings. The van der Waals surface area contributed by atoms with Gasteiger partial charge in [-0.15, -0.1) is 0 Å². The van der Waals surface area contributed by atoms with Gasteiger partial charge in [0.05, 0.1) is 18.6 Å². The molecule has 0 saturated heterocycles. The first-order valence-electron chi connectivity index (χ1n) is 3.88.